The summed E-state index contributed by atoms with van der Waals surface area (Å²) in [6, 6.07) is 7.93. The minimum absolute atomic E-state index is 0. The molecule has 94 valence electrons. The van der Waals surface area contributed by atoms with E-state index in [9.17, 15) is 10.1 Å². The lowest BCUT2D eigenvalue weighted by Crippen LogP contribution is -2.36. The van der Waals surface area contributed by atoms with Gasteiger partial charge in [-0.15, -0.1) is 19.0 Å². The van der Waals surface area contributed by atoms with Gasteiger partial charge in [0, 0.05) is 10.5 Å². The molecule has 0 spiro atoms. The third-order valence-electron chi connectivity index (χ3n) is 2.53. The molecule has 1 aromatic carbocycles. The molecule has 0 saturated heterocycles. The summed E-state index contributed by atoms with van der Waals surface area (Å²) in [5.74, 6) is 0. The second kappa shape index (κ2) is 7.04. The largest absolute Gasteiger partial charge is 0.297 e. The Balaban J connectivity index is 0.00000256. The molecule has 1 rings (SSSR count). The van der Waals surface area contributed by atoms with Gasteiger partial charge in [0.2, 0.25) is 0 Å². The molecule has 0 fully saturated rings. The normalized spacial score (nSPS) is 13.6. The summed E-state index contributed by atoms with van der Waals surface area (Å²) < 4.78 is 0. The Kier molecular flexibility index (Phi) is 6.46. The van der Waals surface area contributed by atoms with Gasteiger partial charge in [-0.1, -0.05) is 36.4 Å². The predicted octanol–water partition coefficient (Wildman–Crippen LogP) is 2.54. The van der Waals surface area contributed by atoms with E-state index in [1.807, 2.05) is 32.3 Å². The van der Waals surface area contributed by atoms with Gasteiger partial charge in [-0.25, -0.2) is 0 Å². The minimum Gasteiger partial charge on any atom is -0.297 e. The molecule has 17 heavy (non-hydrogen) atoms. The summed E-state index contributed by atoms with van der Waals surface area (Å²) in [5, 5.41) is 11.1. The fourth-order valence-corrected chi connectivity index (χ4v) is 1.72. The van der Waals surface area contributed by atoms with Crippen LogP contribution in [-0.2, 0) is 0 Å². The number of likely N-dealkylation sites (N-methyl/N-ethyl adjacent to an activating group) is 1. The highest BCUT2D eigenvalue weighted by atomic mass is 35.5. The van der Waals surface area contributed by atoms with Crippen LogP contribution >= 0.6 is 12.4 Å². The van der Waals surface area contributed by atoms with Crippen LogP contribution < -0.4 is 0 Å². The summed E-state index contributed by atoms with van der Waals surface area (Å²) in [4.78, 5) is 12.7. The van der Waals surface area contributed by atoms with Crippen molar-refractivity contribution in [2.45, 2.75) is 12.1 Å². The van der Waals surface area contributed by atoms with Gasteiger partial charge in [0.1, 0.15) is 0 Å². The highest BCUT2D eigenvalue weighted by Crippen LogP contribution is 2.23. The van der Waals surface area contributed by atoms with Crippen molar-refractivity contribution >= 4 is 12.4 Å². The summed E-state index contributed by atoms with van der Waals surface area (Å²) >= 11 is 0. The number of nitro groups is 1. The molecular weight excluding hydrogens is 240 g/mol. The number of nitrogens with zero attached hydrogens (tertiary/aromatic N) is 2. The van der Waals surface area contributed by atoms with Crippen LogP contribution in [0, 0.1) is 10.1 Å². The molecule has 0 aliphatic heterocycles. The van der Waals surface area contributed by atoms with Crippen LogP contribution in [0.3, 0.4) is 0 Å². The molecule has 0 N–H and O–H groups in total. The van der Waals surface area contributed by atoms with E-state index in [1.54, 1.807) is 23.1 Å². The molecule has 0 bridgehead atoms. The maximum Gasteiger partial charge on any atom is 0.256 e. The second-order valence-corrected chi connectivity index (χ2v) is 3.83. The molecule has 2 unspecified atom stereocenters. The molecule has 1 aromatic rings. The smallest absolute Gasteiger partial charge is 0.256 e. The first-order valence-corrected chi connectivity index (χ1v) is 5.05. The minimum atomic E-state index is -0.770. The topological polar surface area (TPSA) is 46.4 Å². The van der Waals surface area contributed by atoms with Crippen LogP contribution in [0.4, 0.5) is 0 Å². The average Bonchev–Trinajstić information content (AvgIpc) is 2.25. The van der Waals surface area contributed by atoms with Crippen LogP contribution in [0.2, 0.25) is 0 Å². The van der Waals surface area contributed by atoms with Crippen molar-refractivity contribution < 1.29 is 4.92 Å². The lowest BCUT2D eigenvalue weighted by molar-refractivity contribution is -0.534. The van der Waals surface area contributed by atoms with Gasteiger partial charge in [0.25, 0.3) is 6.04 Å². The molecule has 0 aromatic heterocycles. The molecule has 0 saturated carbocycles. The summed E-state index contributed by atoms with van der Waals surface area (Å²) in [6.45, 7) is 3.66. The monoisotopic (exact) mass is 256 g/mol. The average molecular weight is 257 g/mol. The van der Waals surface area contributed by atoms with E-state index >= 15 is 0 Å². The van der Waals surface area contributed by atoms with Crippen molar-refractivity contribution in [2.75, 3.05) is 14.1 Å². The van der Waals surface area contributed by atoms with E-state index in [0.29, 0.717) is 5.56 Å². The lowest BCUT2D eigenvalue weighted by Gasteiger charge is -2.24. The van der Waals surface area contributed by atoms with Crippen molar-refractivity contribution in [1.29, 1.82) is 0 Å². The van der Waals surface area contributed by atoms with E-state index in [2.05, 4.69) is 6.58 Å². The molecule has 0 amide bonds. The Morgan fingerprint density at radius 2 is 1.88 bits per heavy atom. The van der Waals surface area contributed by atoms with Gasteiger partial charge in [0.15, 0.2) is 0 Å². The van der Waals surface area contributed by atoms with E-state index < -0.39 is 6.04 Å². The van der Waals surface area contributed by atoms with Crippen molar-refractivity contribution in [3.63, 3.8) is 0 Å². The molecule has 2 atom stereocenters. The quantitative estimate of drug-likeness (QED) is 0.462. The van der Waals surface area contributed by atoms with Crippen molar-refractivity contribution in [1.82, 2.24) is 4.90 Å². The van der Waals surface area contributed by atoms with Crippen LogP contribution in [0.25, 0.3) is 0 Å². The number of rotatable bonds is 5. The maximum atomic E-state index is 11.1. The molecular formula is C12H17ClN2O2. The van der Waals surface area contributed by atoms with Crippen molar-refractivity contribution in [2.24, 2.45) is 0 Å². The first-order chi connectivity index (χ1) is 7.57. The first kappa shape index (κ1) is 15.6. The van der Waals surface area contributed by atoms with Gasteiger partial charge in [0.05, 0.1) is 6.04 Å². The molecule has 0 aliphatic rings. The van der Waals surface area contributed by atoms with Crippen LogP contribution in [0.1, 0.15) is 11.6 Å². The summed E-state index contributed by atoms with van der Waals surface area (Å²) in [6.07, 6.45) is 1.61. The van der Waals surface area contributed by atoms with Gasteiger partial charge in [-0.05, 0) is 14.1 Å². The van der Waals surface area contributed by atoms with E-state index in [0.717, 1.165) is 0 Å². The zero-order valence-electron chi connectivity index (χ0n) is 9.95. The number of hydrogen-bond acceptors (Lipinski definition) is 3. The standard InChI is InChI=1S/C12H16N2O2.ClH/c1-4-11(13(2)3)12(14(15)16)10-8-6-5-7-9-10;/h4-9,11-12H,1H2,2-3H3;1H. The Morgan fingerprint density at radius 1 is 1.35 bits per heavy atom. The number of halogens is 1. The van der Waals surface area contributed by atoms with Crippen molar-refractivity contribution in [3.8, 4) is 0 Å². The number of benzene rings is 1. The highest BCUT2D eigenvalue weighted by molar-refractivity contribution is 5.85. The van der Waals surface area contributed by atoms with Crippen molar-refractivity contribution in [3.05, 3.63) is 58.7 Å². The van der Waals surface area contributed by atoms with Gasteiger partial charge >= 0.3 is 0 Å². The molecule has 4 nitrogen and oxygen atoms in total. The lowest BCUT2D eigenvalue weighted by atomic mass is 9.99. The number of hydrogen-bond donors (Lipinski definition) is 0. The van der Waals surface area contributed by atoms with Crippen LogP contribution in [0.15, 0.2) is 43.0 Å². The third kappa shape index (κ3) is 3.84. The fraction of sp³-hybridized carbons (Fsp3) is 0.333. The second-order valence-electron chi connectivity index (χ2n) is 3.83. The van der Waals surface area contributed by atoms with Gasteiger partial charge in [-0.3, -0.25) is 15.0 Å². The maximum absolute atomic E-state index is 11.1. The molecule has 0 radical (unpaired) electrons. The Hall–Kier alpha value is -1.39. The van der Waals surface area contributed by atoms with E-state index in [-0.39, 0.29) is 23.4 Å². The van der Waals surface area contributed by atoms with E-state index in [4.69, 9.17) is 0 Å². The molecule has 0 heterocycles. The predicted molar refractivity (Wildman–Crippen MR) is 71.1 cm³/mol. The third-order valence-corrected chi connectivity index (χ3v) is 2.53. The Morgan fingerprint density at radius 3 is 2.24 bits per heavy atom. The van der Waals surface area contributed by atoms with Crippen LogP contribution in [0.5, 0.6) is 0 Å². The summed E-state index contributed by atoms with van der Waals surface area (Å²) in [7, 11) is 3.62. The Bertz CT molecular complexity index is 368. The van der Waals surface area contributed by atoms with Gasteiger partial charge in [-0.2, -0.15) is 0 Å². The first-order valence-electron chi connectivity index (χ1n) is 5.05. The molecule has 0 aliphatic carbocycles. The zero-order valence-corrected chi connectivity index (χ0v) is 10.8. The fourth-order valence-electron chi connectivity index (χ4n) is 1.72. The Labute approximate surface area is 107 Å². The molecule has 5 heteroatoms. The SMILES string of the molecule is C=CC(C(c1ccccc1)[N+](=O)[O-])N(C)C.Cl. The summed E-state index contributed by atoms with van der Waals surface area (Å²) in [5.41, 5.74) is 0.700. The van der Waals surface area contributed by atoms with Crippen LogP contribution in [-0.4, -0.2) is 30.0 Å². The van der Waals surface area contributed by atoms with Gasteiger partial charge < -0.3 is 0 Å². The zero-order chi connectivity index (χ0) is 12.1. The highest BCUT2D eigenvalue weighted by Gasteiger charge is 2.32. The van der Waals surface area contributed by atoms with E-state index in [1.165, 1.54) is 0 Å².